The van der Waals surface area contributed by atoms with Gasteiger partial charge in [0, 0.05) is 11.8 Å². The van der Waals surface area contributed by atoms with Gasteiger partial charge >= 0.3 is 11.9 Å². The number of benzene rings is 1. The van der Waals surface area contributed by atoms with Crippen LogP contribution in [0.15, 0.2) is 18.2 Å². The van der Waals surface area contributed by atoms with Crippen LogP contribution in [0.1, 0.15) is 16.8 Å². The number of anilines is 1. The van der Waals surface area contributed by atoms with Crippen molar-refractivity contribution in [3.63, 3.8) is 0 Å². The van der Waals surface area contributed by atoms with Gasteiger partial charge in [0.1, 0.15) is 12.4 Å². The van der Waals surface area contributed by atoms with Crippen molar-refractivity contribution in [2.24, 2.45) is 0 Å². The Bertz CT molecular complexity index is 444. The molecule has 6 heteroatoms. The van der Waals surface area contributed by atoms with Crippen molar-refractivity contribution in [1.82, 2.24) is 0 Å². The normalized spacial score (nSPS) is 9.67. The summed E-state index contributed by atoms with van der Waals surface area (Å²) in [7, 11) is 2.74. The summed E-state index contributed by atoms with van der Waals surface area (Å²) in [6.07, 6.45) is 0.0156. The maximum Gasteiger partial charge on any atom is 0.338 e. The molecule has 0 spiro atoms. The zero-order chi connectivity index (χ0) is 13.5. The van der Waals surface area contributed by atoms with Crippen molar-refractivity contribution >= 4 is 17.6 Å². The van der Waals surface area contributed by atoms with Gasteiger partial charge in [-0.05, 0) is 12.1 Å². The predicted octanol–water partition coefficient (Wildman–Crippen LogP) is 0.997. The highest BCUT2D eigenvalue weighted by molar-refractivity contribution is 5.91. The van der Waals surface area contributed by atoms with Crippen LogP contribution in [-0.2, 0) is 14.3 Å². The highest BCUT2D eigenvalue weighted by atomic mass is 16.5. The lowest BCUT2D eigenvalue weighted by Crippen LogP contribution is -2.11. The smallest absolute Gasteiger partial charge is 0.338 e. The fraction of sp³-hybridized carbons (Fsp3) is 0.333. The summed E-state index contributed by atoms with van der Waals surface area (Å²) < 4.78 is 14.3. The summed E-state index contributed by atoms with van der Waals surface area (Å²) >= 11 is 0. The lowest BCUT2D eigenvalue weighted by Gasteiger charge is -2.07. The molecule has 0 aliphatic rings. The molecule has 0 heterocycles. The third-order valence-electron chi connectivity index (χ3n) is 2.17. The maximum atomic E-state index is 11.6. The highest BCUT2D eigenvalue weighted by Crippen LogP contribution is 2.19. The molecule has 0 aliphatic carbocycles. The van der Waals surface area contributed by atoms with E-state index in [0.717, 1.165) is 0 Å². The van der Waals surface area contributed by atoms with Crippen LogP contribution >= 0.6 is 0 Å². The average Bonchev–Trinajstić information content (AvgIpc) is 2.37. The molecule has 1 aromatic rings. The fourth-order valence-electron chi connectivity index (χ4n) is 1.27. The molecule has 0 fully saturated rings. The molecule has 0 aliphatic heterocycles. The minimum absolute atomic E-state index is 0.0156. The average molecular weight is 253 g/mol. The van der Waals surface area contributed by atoms with Crippen molar-refractivity contribution < 1.29 is 23.8 Å². The third kappa shape index (κ3) is 3.97. The van der Waals surface area contributed by atoms with Gasteiger partial charge < -0.3 is 19.9 Å². The van der Waals surface area contributed by atoms with E-state index in [2.05, 4.69) is 4.74 Å². The highest BCUT2D eigenvalue weighted by Gasteiger charge is 2.11. The predicted molar refractivity (Wildman–Crippen MR) is 64.3 cm³/mol. The van der Waals surface area contributed by atoms with E-state index in [1.165, 1.54) is 26.4 Å². The standard InChI is InChI=1S/C12H15NO5/c1-16-10-6-8(5-9(13)7-10)12(15)18-4-3-11(14)17-2/h5-7H,3-4,13H2,1-2H3. The number of nitrogens with two attached hydrogens (primary N) is 1. The molecule has 6 nitrogen and oxygen atoms in total. The minimum atomic E-state index is -0.565. The Morgan fingerprint density at radius 1 is 1.22 bits per heavy atom. The number of methoxy groups -OCH3 is 2. The van der Waals surface area contributed by atoms with E-state index in [1.807, 2.05) is 0 Å². The second-order valence-electron chi connectivity index (χ2n) is 3.46. The summed E-state index contributed by atoms with van der Waals surface area (Å²) in [5.41, 5.74) is 6.28. The van der Waals surface area contributed by atoms with Gasteiger partial charge in [-0.3, -0.25) is 4.79 Å². The van der Waals surface area contributed by atoms with Crippen molar-refractivity contribution in [3.05, 3.63) is 23.8 Å². The van der Waals surface area contributed by atoms with Crippen LogP contribution in [-0.4, -0.2) is 32.8 Å². The Morgan fingerprint density at radius 3 is 2.56 bits per heavy atom. The largest absolute Gasteiger partial charge is 0.497 e. The molecule has 0 bridgehead atoms. The minimum Gasteiger partial charge on any atom is -0.497 e. The fourth-order valence-corrected chi connectivity index (χ4v) is 1.27. The molecule has 1 aromatic carbocycles. The molecular weight excluding hydrogens is 238 g/mol. The molecule has 0 saturated heterocycles. The van der Waals surface area contributed by atoms with Gasteiger partial charge in [-0.2, -0.15) is 0 Å². The number of ether oxygens (including phenoxy) is 3. The number of nitrogen functional groups attached to an aromatic ring is 1. The van der Waals surface area contributed by atoms with E-state index >= 15 is 0 Å². The van der Waals surface area contributed by atoms with Crippen LogP contribution < -0.4 is 10.5 Å². The molecule has 0 radical (unpaired) electrons. The van der Waals surface area contributed by atoms with Gasteiger partial charge in [0.15, 0.2) is 0 Å². The summed E-state index contributed by atoms with van der Waals surface area (Å²) in [6.45, 7) is -0.0391. The SMILES string of the molecule is COC(=O)CCOC(=O)c1cc(N)cc(OC)c1. The Hall–Kier alpha value is -2.24. The van der Waals surface area contributed by atoms with Crippen molar-refractivity contribution in [2.45, 2.75) is 6.42 Å². The quantitative estimate of drug-likeness (QED) is 0.622. The molecular formula is C12H15NO5. The Labute approximate surface area is 105 Å². The van der Waals surface area contributed by atoms with Crippen LogP contribution in [0.25, 0.3) is 0 Å². The van der Waals surface area contributed by atoms with E-state index in [9.17, 15) is 9.59 Å². The molecule has 98 valence electrons. The Morgan fingerprint density at radius 2 is 1.94 bits per heavy atom. The molecule has 1 rings (SSSR count). The second-order valence-corrected chi connectivity index (χ2v) is 3.46. The first-order chi connectivity index (χ1) is 8.56. The van der Waals surface area contributed by atoms with Crippen LogP contribution in [0.2, 0.25) is 0 Å². The van der Waals surface area contributed by atoms with E-state index in [-0.39, 0.29) is 18.6 Å². The number of rotatable bonds is 5. The molecule has 0 saturated carbocycles. The monoisotopic (exact) mass is 253 g/mol. The molecule has 0 unspecified atom stereocenters. The van der Waals surface area contributed by atoms with Gasteiger partial charge in [0.25, 0.3) is 0 Å². The summed E-state index contributed by atoms with van der Waals surface area (Å²) in [5.74, 6) is -0.535. The molecule has 18 heavy (non-hydrogen) atoms. The van der Waals surface area contributed by atoms with Gasteiger partial charge in [-0.1, -0.05) is 0 Å². The van der Waals surface area contributed by atoms with Gasteiger partial charge in [0.05, 0.1) is 26.2 Å². The zero-order valence-corrected chi connectivity index (χ0v) is 10.3. The third-order valence-corrected chi connectivity index (χ3v) is 2.17. The topological polar surface area (TPSA) is 87.9 Å². The van der Waals surface area contributed by atoms with Crippen LogP contribution in [0.4, 0.5) is 5.69 Å². The van der Waals surface area contributed by atoms with E-state index in [4.69, 9.17) is 15.2 Å². The second kappa shape index (κ2) is 6.48. The first kappa shape index (κ1) is 13.8. The first-order valence-electron chi connectivity index (χ1n) is 5.25. The van der Waals surface area contributed by atoms with Crippen LogP contribution in [0.5, 0.6) is 5.75 Å². The summed E-state index contributed by atoms with van der Waals surface area (Å²) in [6, 6.07) is 4.57. The molecule has 0 atom stereocenters. The van der Waals surface area contributed by atoms with Crippen LogP contribution in [0.3, 0.4) is 0 Å². The number of carbonyl (C=O) groups excluding carboxylic acids is 2. The maximum absolute atomic E-state index is 11.6. The van der Waals surface area contributed by atoms with Gasteiger partial charge in [0.2, 0.25) is 0 Å². The van der Waals surface area contributed by atoms with Gasteiger partial charge in [-0.25, -0.2) is 4.79 Å². The molecule has 0 amide bonds. The number of carbonyl (C=O) groups is 2. The van der Waals surface area contributed by atoms with Crippen LogP contribution in [0, 0.1) is 0 Å². The van der Waals surface area contributed by atoms with Crippen molar-refractivity contribution in [3.8, 4) is 5.75 Å². The first-order valence-corrected chi connectivity index (χ1v) is 5.25. The van der Waals surface area contributed by atoms with E-state index < -0.39 is 11.9 Å². The molecule has 2 N–H and O–H groups in total. The number of esters is 2. The summed E-state index contributed by atoms with van der Waals surface area (Å²) in [4.78, 5) is 22.5. The Balaban J connectivity index is 2.61. The number of hydrogen-bond acceptors (Lipinski definition) is 6. The lowest BCUT2D eigenvalue weighted by molar-refractivity contribution is -0.141. The number of hydrogen-bond donors (Lipinski definition) is 1. The van der Waals surface area contributed by atoms with Crippen molar-refractivity contribution in [2.75, 3.05) is 26.6 Å². The Kier molecular flexibility index (Phi) is 4.98. The van der Waals surface area contributed by atoms with E-state index in [0.29, 0.717) is 11.4 Å². The lowest BCUT2D eigenvalue weighted by atomic mass is 10.2. The zero-order valence-electron chi connectivity index (χ0n) is 10.3. The van der Waals surface area contributed by atoms with Crippen molar-refractivity contribution in [1.29, 1.82) is 0 Å². The van der Waals surface area contributed by atoms with E-state index in [1.54, 1.807) is 6.07 Å². The summed E-state index contributed by atoms with van der Waals surface area (Å²) in [5, 5.41) is 0. The molecule has 0 aromatic heterocycles. The van der Waals surface area contributed by atoms with Gasteiger partial charge in [-0.15, -0.1) is 0 Å².